The van der Waals surface area contributed by atoms with Crippen LogP contribution in [-0.4, -0.2) is 46.4 Å². The number of hydrogen-bond acceptors (Lipinski definition) is 5. The first-order chi connectivity index (χ1) is 18.0. The SMILES string of the molecule is CC1(CC(N)=S)OC(c2cccc(Cl)c2)C(c2ccc(Cl)c(F)c2)N(C(CS(=O)(=O)C(C)(C)C)C2CC2)C1=O. The van der Waals surface area contributed by atoms with E-state index >= 15 is 0 Å². The van der Waals surface area contributed by atoms with Crippen molar-refractivity contribution < 1.29 is 22.3 Å². The number of ether oxygens (including phenoxy) is 1. The third-order valence-electron chi connectivity index (χ3n) is 7.48. The third kappa shape index (κ3) is 6.27. The van der Waals surface area contributed by atoms with Crippen LogP contribution in [0.2, 0.25) is 10.0 Å². The Morgan fingerprint density at radius 2 is 1.87 bits per heavy atom. The summed E-state index contributed by atoms with van der Waals surface area (Å²) in [6.07, 6.45) is 0.648. The van der Waals surface area contributed by atoms with Gasteiger partial charge in [-0.3, -0.25) is 4.79 Å². The van der Waals surface area contributed by atoms with Gasteiger partial charge in [-0.1, -0.05) is 53.6 Å². The molecule has 11 heteroatoms. The van der Waals surface area contributed by atoms with Crippen LogP contribution < -0.4 is 5.73 Å². The summed E-state index contributed by atoms with van der Waals surface area (Å²) in [4.78, 5) is 16.1. The van der Waals surface area contributed by atoms with Gasteiger partial charge in [-0.15, -0.1) is 0 Å². The number of thiocarbonyl (C=S) groups is 1. The van der Waals surface area contributed by atoms with E-state index in [1.807, 2.05) is 6.07 Å². The number of carbonyl (C=O) groups excluding carboxylic acids is 1. The van der Waals surface area contributed by atoms with Crippen LogP contribution in [0.15, 0.2) is 42.5 Å². The first kappa shape index (κ1) is 30.2. The van der Waals surface area contributed by atoms with Gasteiger partial charge in [0, 0.05) is 17.5 Å². The van der Waals surface area contributed by atoms with Gasteiger partial charge in [0.15, 0.2) is 15.4 Å². The van der Waals surface area contributed by atoms with Crippen LogP contribution >= 0.6 is 35.4 Å². The van der Waals surface area contributed by atoms with E-state index in [-0.39, 0.29) is 28.1 Å². The van der Waals surface area contributed by atoms with Crippen LogP contribution in [0.5, 0.6) is 0 Å². The number of amides is 1. The fraction of sp³-hybridized carbons (Fsp3) is 0.500. The number of nitrogens with two attached hydrogens (primary N) is 1. The number of morpholine rings is 1. The lowest BCUT2D eigenvalue weighted by Crippen LogP contribution is -2.62. The van der Waals surface area contributed by atoms with Crippen LogP contribution in [0, 0.1) is 11.7 Å². The van der Waals surface area contributed by atoms with Gasteiger partial charge in [0.1, 0.15) is 11.9 Å². The Morgan fingerprint density at radius 3 is 2.41 bits per heavy atom. The second kappa shape index (κ2) is 10.9. The van der Waals surface area contributed by atoms with Crippen molar-refractivity contribution in [3.63, 3.8) is 0 Å². The summed E-state index contributed by atoms with van der Waals surface area (Å²) in [5.74, 6) is -1.40. The molecule has 1 saturated heterocycles. The van der Waals surface area contributed by atoms with E-state index in [0.717, 1.165) is 12.8 Å². The number of sulfone groups is 1. The Hall–Kier alpha value is -1.78. The molecule has 0 aromatic heterocycles. The van der Waals surface area contributed by atoms with E-state index in [2.05, 4.69) is 0 Å². The highest BCUT2D eigenvalue weighted by molar-refractivity contribution is 7.92. The minimum Gasteiger partial charge on any atom is -0.393 e. The van der Waals surface area contributed by atoms with Crippen molar-refractivity contribution >= 4 is 56.2 Å². The maximum Gasteiger partial charge on any atom is 0.255 e. The molecule has 4 atom stereocenters. The topological polar surface area (TPSA) is 89.7 Å². The molecular weight excluding hydrogens is 582 g/mol. The zero-order chi connectivity index (χ0) is 28.9. The number of hydrogen-bond donors (Lipinski definition) is 1. The minimum absolute atomic E-state index is 0.0436. The lowest BCUT2D eigenvalue weighted by atomic mass is 9.85. The second-order valence-corrected chi connectivity index (χ2v) is 15.8. The lowest BCUT2D eigenvalue weighted by Gasteiger charge is -2.52. The monoisotopic (exact) mass is 614 g/mol. The molecule has 6 nitrogen and oxygen atoms in total. The Morgan fingerprint density at radius 1 is 1.21 bits per heavy atom. The van der Waals surface area contributed by atoms with Gasteiger partial charge in [0.05, 0.1) is 26.6 Å². The Bertz CT molecular complexity index is 1390. The average molecular weight is 616 g/mol. The van der Waals surface area contributed by atoms with Crippen molar-refractivity contribution in [3.8, 4) is 0 Å². The highest BCUT2D eigenvalue weighted by Crippen LogP contribution is 2.51. The van der Waals surface area contributed by atoms with Gasteiger partial charge in [-0.05, 0) is 81.8 Å². The molecule has 212 valence electrons. The van der Waals surface area contributed by atoms with Crippen molar-refractivity contribution in [1.29, 1.82) is 0 Å². The van der Waals surface area contributed by atoms with Crippen LogP contribution in [-0.2, 0) is 19.4 Å². The zero-order valence-corrected chi connectivity index (χ0v) is 25.4. The van der Waals surface area contributed by atoms with Crippen molar-refractivity contribution in [1.82, 2.24) is 4.90 Å². The molecule has 0 radical (unpaired) electrons. The highest BCUT2D eigenvalue weighted by atomic mass is 35.5. The van der Waals surface area contributed by atoms with Gasteiger partial charge >= 0.3 is 0 Å². The van der Waals surface area contributed by atoms with Crippen molar-refractivity contribution in [2.75, 3.05) is 5.75 Å². The standard InChI is InChI=1S/C28H33Cl2FN2O4S2/c1-27(2,3)39(35,36)15-22(16-8-9-16)33-24(17-10-11-20(30)21(31)13-17)25(18-6-5-7-19(29)12-18)37-28(4,26(33)34)14-23(32)38/h5-7,10-13,16,22,24-25H,8-9,14-15H2,1-4H3,(H2,32,38). The average Bonchev–Trinajstić information content (AvgIpc) is 3.65. The number of halogens is 3. The zero-order valence-electron chi connectivity index (χ0n) is 22.3. The Balaban J connectivity index is 1.97. The van der Waals surface area contributed by atoms with Gasteiger partial charge in [0.25, 0.3) is 5.91 Å². The molecule has 2 N–H and O–H groups in total. The summed E-state index contributed by atoms with van der Waals surface area (Å²) in [5, 5.41) is 0.380. The Kier molecular flexibility index (Phi) is 8.43. The lowest BCUT2D eigenvalue weighted by molar-refractivity contribution is -0.201. The van der Waals surface area contributed by atoms with Crippen LogP contribution in [0.1, 0.15) is 70.2 Å². The van der Waals surface area contributed by atoms with E-state index < -0.39 is 50.1 Å². The molecule has 1 heterocycles. The molecular formula is C28H33Cl2FN2O4S2. The normalized spacial score (nSPS) is 25.0. The summed E-state index contributed by atoms with van der Waals surface area (Å²) < 4.78 is 47.4. The Labute approximate surface area is 244 Å². The van der Waals surface area contributed by atoms with Gasteiger partial charge in [-0.2, -0.15) is 0 Å². The van der Waals surface area contributed by atoms with Crippen LogP contribution in [0.4, 0.5) is 4.39 Å². The summed E-state index contributed by atoms with van der Waals surface area (Å²) in [7, 11) is -3.65. The molecule has 2 aromatic rings. The summed E-state index contributed by atoms with van der Waals surface area (Å²) in [6.45, 7) is 6.54. The van der Waals surface area contributed by atoms with Crippen molar-refractivity contribution in [2.45, 2.75) is 75.5 Å². The molecule has 1 aliphatic carbocycles. The minimum atomic E-state index is -3.65. The molecule has 1 amide bonds. The fourth-order valence-electron chi connectivity index (χ4n) is 5.11. The van der Waals surface area contributed by atoms with Crippen LogP contribution in [0.3, 0.4) is 0 Å². The quantitative estimate of drug-likeness (QED) is 0.356. The number of nitrogens with zero attached hydrogens (tertiary/aromatic N) is 1. The second-order valence-electron chi connectivity index (χ2n) is 11.6. The van der Waals surface area contributed by atoms with E-state index in [1.54, 1.807) is 56.9 Å². The van der Waals surface area contributed by atoms with E-state index in [0.29, 0.717) is 16.1 Å². The molecule has 0 bridgehead atoms. The predicted octanol–water partition coefficient (Wildman–Crippen LogP) is 6.20. The summed E-state index contributed by atoms with van der Waals surface area (Å²) in [5.41, 5.74) is 5.49. The van der Waals surface area contributed by atoms with Gasteiger partial charge in [-0.25, -0.2) is 12.8 Å². The third-order valence-corrected chi connectivity index (χ3v) is 10.8. The maximum absolute atomic E-state index is 14.8. The molecule has 4 rings (SSSR count). The molecule has 2 fully saturated rings. The van der Waals surface area contributed by atoms with Gasteiger partial charge < -0.3 is 15.4 Å². The molecule has 2 aromatic carbocycles. The fourth-order valence-corrected chi connectivity index (χ4v) is 7.09. The van der Waals surface area contributed by atoms with Crippen molar-refractivity contribution in [2.24, 2.45) is 11.7 Å². The molecule has 2 aliphatic rings. The first-order valence-electron chi connectivity index (χ1n) is 12.8. The smallest absolute Gasteiger partial charge is 0.255 e. The largest absolute Gasteiger partial charge is 0.393 e. The maximum atomic E-state index is 14.8. The number of carbonyl (C=O) groups is 1. The predicted molar refractivity (Wildman–Crippen MR) is 156 cm³/mol. The molecule has 4 unspecified atom stereocenters. The van der Waals surface area contributed by atoms with Gasteiger partial charge in [0.2, 0.25) is 0 Å². The van der Waals surface area contributed by atoms with E-state index in [1.165, 1.54) is 12.1 Å². The van der Waals surface area contributed by atoms with E-state index in [9.17, 15) is 17.6 Å². The molecule has 0 spiro atoms. The summed E-state index contributed by atoms with van der Waals surface area (Å²) >= 11 is 17.5. The first-order valence-corrected chi connectivity index (χ1v) is 15.6. The molecule has 39 heavy (non-hydrogen) atoms. The van der Waals surface area contributed by atoms with E-state index in [4.69, 9.17) is 45.9 Å². The van der Waals surface area contributed by atoms with Crippen LogP contribution in [0.25, 0.3) is 0 Å². The molecule has 1 saturated carbocycles. The summed E-state index contributed by atoms with van der Waals surface area (Å²) in [6, 6.07) is 9.78. The molecule has 1 aliphatic heterocycles. The van der Waals surface area contributed by atoms with Crippen molar-refractivity contribution in [3.05, 3.63) is 69.5 Å². The number of rotatable bonds is 8. The number of benzene rings is 2. The highest BCUT2D eigenvalue weighted by Gasteiger charge is 2.56.